The fourth-order valence-electron chi connectivity index (χ4n) is 3.23. The minimum atomic E-state index is -0.293. The quantitative estimate of drug-likeness (QED) is 0.468. The standard InChI is InChI=1S/C22H23N5O3/c1-26(12-11-16-5-3-2-4-6-16)14-19-20(27-22(30-19)24-15-25-27)21(29)23-13-17-7-9-18(28)10-8-17/h2-10,15,28H,11-14H2,1H3,(H,23,29). The first-order chi connectivity index (χ1) is 14.6. The number of aromatic hydroxyl groups is 1. The van der Waals surface area contributed by atoms with Crippen LogP contribution in [0.1, 0.15) is 27.4 Å². The van der Waals surface area contributed by atoms with Crippen molar-refractivity contribution in [1.82, 2.24) is 24.8 Å². The second-order valence-electron chi connectivity index (χ2n) is 7.15. The Labute approximate surface area is 173 Å². The lowest BCUT2D eigenvalue weighted by atomic mass is 10.1. The Balaban J connectivity index is 1.45. The number of phenolic OH excluding ortho intramolecular Hbond substituents is 1. The number of hydrogen-bond donors (Lipinski definition) is 2. The third kappa shape index (κ3) is 4.49. The summed E-state index contributed by atoms with van der Waals surface area (Å²) < 4.78 is 7.23. The lowest BCUT2D eigenvalue weighted by Crippen LogP contribution is -2.27. The molecule has 0 atom stereocenters. The summed E-state index contributed by atoms with van der Waals surface area (Å²) in [5, 5.41) is 16.4. The summed E-state index contributed by atoms with van der Waals surface area (Å²) in [6.45, 7) is 1.60. The molecule has 0 unspecified atom stereocenters. The van der Waals surface area contributed by atoms with Crippen molar-refractivity contribution < 1.29 is 14.3 Å². The largest absolute Gasteiger partial charge is 0.508 e. The van der Waals surface area contributed by atoms with E-state index < -0.39 is 0 Å². The van der Waals surface area contributed by atoms with Crippen LogP contribution < -0.4 is 5.32 Å². The number of aromatic nitrogens is 3. The number of carbonyl (C=O) groups excluding carboxylic acids is 1. The van der Waals surface area contributed by atoms with E-state index in [0.29, 0.717) is 24.5 Å². The highest BCUT2D eigenvalue weighted by molar-refractivity contribution is 5.94. The molecule has 0 aliphatic carbocycles. The summed E-state index contributed by atoms with van der Waals surface area (Å²) in [5.74, 6) is 0.699. The molecule has 1 amide bonds. The van der Waals surface area contributed by atoms with Crippen LogP contribution in [0.4, 0.5) is 0 Å². The lowest BCUT2D eigenvalue weighted by Gasteiger charge is -2.15. The first-order valence-corrected chi connectivity index (χ1v) is 9.70. The van der Waals surface area contributed by atoms with Crippen LogP contribution in [-0.2, 0) is 19.5 Å². The molecule has 2 aromatic carbocycles. The average Bonchev–Trinajstić information content (AvgIpc) is 3.33. The van der Waals surface area contributed by atoms with Crippen LogP contribution in [0, 0.1) is 0 Å². The van der Waals surface area contributed by atoms with E-state index in [-0.39, 0.29) is 17.5 Å². The van der Waals surface area contributed by atoms with Gasteiger partial charge in [0.2, 0.25) is 0 Å². The maximum Gasteiger partial charge on any atom is 0.325 e. The summed E-state index contributed by atoms with van der Waals surface area (Å²) in [6, 6.07) is 16.9. The van der Waals surface area contributed by atoms with E-state index in [4.69, 9.17) is 4.42 Å². The fourth-order valence-corrected chi connectivity index (χ4v) is 3.23. The molecule has 0 aliphatic rings. The van der Waals surface area contributed by atoms with Gasteiger partial charge in [-0.1, -0.05) is 42.5 Å². The number of likely N-dealkylation sites (N-methyl/N-ethyl adjacent to an activating group) is 1. The van der Waals surface area contributed by atoms with Gasteiger partial charge in [-0.25, -0.2) is 0 Å². The Hall–Kier alpha value is -3.65. The zero-order valence-corrected chi connectivity index (χ0v) is 16.7. The molecule has 0 fully saturated rings. The zero-order chi connectivity index (χ0) is 20.9. The summed E-state index contributed by atoms with van der Waals surface area (Å²) >= 11 is 0. The van der Waals surface area contributed by atoms with Gasteiger partial charge in [0.05, 0.1) is 6.54 Å². The second-order valence-corrected chi connectivity index (χ2v) is 7.15. The molecule has 4 rings (SSSR count). The second kappa shape index (κ2) is 8.79. The van der Waals surface area contributed by atoms with Crippen molar-refractivity contribution >= 4 is 11.8 Å². The number of oxazole rings is 1. The van der Waals surface area contributed by atoms with Gasteiger partial charge in [0.1, 0.15) is 12.1 Å². The molecule has 4 aromatic rings. The molecule has 2 aromatic heterocycles. The molecule has 0 saturated carbocycles. The molecule has 0 saturated heterocycles. The number of rotatable bonds is 8. The fraction of sp³-hybridized carbons (Fsp3) is 0.227. The number of phenols is 1. The van der Waals surface area contributed by atoms with Gasteiger partial charge >= 0.3 is 5.84 Å². The molecule has 0 aliphatic heterocycles. The van der Waals surface area contributed by atoms with E-state index in [2.05, 4.69) is 32.4 Å². The van der Waals surface area contributed by atoms with E-state index in [9.17, 15) is 9.90 Å². The third-order valence-corrected chi connectivity index (χ3v) is 4.85. The Morgan fingerprint density at radius 1 is 1.13 bits per heavy atom. The lowest BCUT2D eigenvalue weighted by molar-refractivity contribution is 0.0940. The Kier molecular flexibility index (Phi) is 5.76. The van der Waals surface area contributed by atoms with E-state index in [0.717, 1.165) is 18.5 Å². The molecular weight excluding hydrogens is 382 g/mol. The zero-order valence-electron chi connectivity index (χ0n) is 16.7. The van der Waals surface area contributed by atoms with E-state index in [1.165, 1.54) is 16.4 Å². The van der Waals surface area contributed by atoms with Crippen LogP contribution in [0.5, 0.6) is 5.75 Å². The molecule has 0 radical (unpaired) electrons. The van der Waals surface area contributed by atoms with E-state index in [1.807, 2.05) is 25.2 Å². The minimum Gasteiger partial charge on any atom is -0.508 e. The summed E-state index contributed by atoms with van der Waals surface area (Å²) in [4.78, 5) is 19.1. The predicted molar refractivity (Wildman–Crippen MR) is 111 cm³/mol. The van der Waals surface area contributed by atoms with Gasteiger partial charge in [-0.05, 0) is 36.7 Å². The van der Waals surface area contributed by atoms with Crippen LogP contribution in [0.2, 0.25) is 0 Å². The molecular formula is C22H23N5O3. The number of hydrogen-bond acceptors (Lipinski definition) is 6. The summed E-state index contributed by atoms with van der Waals surface area (Å²) in [7, 11) is 1.99. The Morgan fingerprint density at radius 3 is 2.67 bits per heavy atom. The molecule has 8 heteroatoms. The number of nitrogens with zero attached hydrogens (tertiary/aromatic N) is 4. The van der Waals surface area contributed by atoms with Crippen LogP contribution in [0.15, 0.2) is 65.3 Å². The number of fused-ring (bicyclic) bond motifs is 1. The average molecular weight is 405 g/mol. The molecule has 2 heterocycles. The van der Waals surface area contributed by atoms with Gasteiger partial charge < -0.3 is 14.8 Å². The Morgan fingerprint density at radius 2 is 1.90 bits per heavy atom. The highest BCUT2D eigenvalue weighted by Crippen LogP contribution is 2.17. The Bertz CT molecular complexity index is 1120. The molecule has 154 valence electrons. The van der Waals surface area contributed by atoms with Crippen molar-refractivity contribution in [3.8, 4) is 5.75 Å². The van der Waals surface area contributed by atoms with Crippen molar-refractivity contribution in [2.45, 2.75) is 19.5 Å². The highest BCUT2D eigenvalue weighted by Gasteiger charge is 2.23. The van der Waals surface area contributed by atoms with Crippen molar-refractivity contribution in [3.05, 3.63) is 83.5 Å². The number of benzene rings is 2. The van der Waals surface area contributed by atoms with Gasteiger partial charge in [0.15, 0.2) is 11.5 Å². The van der Waals surface area contributed by atoms with E-state index >= 15 is 0 Å². The SMILES string of the molecule is CN(CCc1ccccc1)Cc1oc2ncnn2c1C(=O)NCc1ccc(O)cc1. The van der Waals surface area contributed by atoms with E-state index in [1.54, 1.807) is 24.3 Å². The number of nitrogens with one attached hydrogen (secondary N) is 1. The van der Waals surface area contributed by atoms with Crippen LogP contribution >= 0.6 is 0 Å². The van der Waals surface area contributed by atoms with Gasteiger partial charge in [-0.3, -0.25) is 9.69 Å². The van der Waals surface area contributed by atoms with Crippen molar-refractivity contribution in [3.63, 3.8) is 0 Å². The highest BCUT2D eigenvalue weighted by atomic mass is 16.4. The maximum atomic E-state index is 12.9. The monoisotopic (exact) mass is 405 g/mol. The van der Waals surface area contributed by atoms with Crippen LogP contribution in [-0.4, -0.2) is 44.1 Å². The first kappa shape index (κ1) is 19.7. The third-order valence-electron chi connectivity index (χ3n) is 4.85. The van der Waals surface area contributed by atoms with Crippen molar-refractivity contribution in [2.24, 2.45) is 0 Å². The molecule has 2 N–H and O–H groups in total. The van der Waals surface area contributed by atoms with Gasteiger partial charge in [-0.2, -0.15) is 14.6 Å². The maximum absolute atomic E-state index is 12.9. The normalized spacial score (nSPS) is 11.3. The van der Waals surface area contributed by atoms with Gasteiger partial charge in [-0.15, -0.1) is 0 Å². The van der Waals surface area contributed by atoms with Gasteiger partial charge in [0.25, 0.3) is 5.91 Å². The van der Waals surface area contributed by atoms with Crippen LogP contribution in [0.25, 0.3) is 5.84 Å². The molecule has 0 bridgehead atoms. The number of carbonyl (C=O) groups is 1. The molecule has 30 heavy (non-hydrogen) atoms. The predicted octanol–water partition coefficient (Wildman–Crippen LogP) is 2.63. The van der Waals surface area contributed by atoms with Crippen molar-refractivity contribution in [1.29, 1.82) is 0 Å². The number of amides is 1. The topological polar surface area (TPSA) is 95.9 Å². The van der Waals surface area contributed by atoms with Crippen molar-refractivity contribution in [2.75, 3.05) is 13.6 Å². The molecule has 8 nitrogen and oxygen atoms in total. The van der Waals surface area contributed by atoms with Gasteiger partial charge in [0, 0.05) is 13.1 Å². The van der Waals surface area contributed by atoms with Crippen LogP contribution in [0.3, 0.4) is 0 Å². The first-order valence-electron chi connectivity index (χ1n) is 9.70. The minimum absolute atomic E-state index is 0.185. The summed E-state index contributed by atoms with van der Waals surface area (Å²) in [5.41, 5.74) is 2.47. The smallest absolute Gasteiger partial charge is 0.325 e. The summed E-state index contributed by atoms with van der Waals surface area (Å²) in [6.07, 6.45) is 2.26. The molecule has 0 spiro atoms.